The first-order chi connectivity index (χ1) is 11.7. The number of fused-ring (bicyclic) bond motifs is 1. The van der Waals surface area contributed by atoms with Gasteiger partial charge in [-0.2, -0.15) is 0 Å². The second-order valence-corrected chi connectivity index (χ2v) is 7.19. The molecule has 4 heteroatoms. The van der Waals surface area contributed by atoms with Gasteiger partial charge in [-0.3, -0.25) is 4.79 Å². The minimum atomic E-state index is -0.0401. The van der Waals surface area contributed by atoms with Crippen LogP contribution in [0.4, 0.5) is 0 Å². The number of carbonyl (C=O) groups excluding carboxylic acids is 1. The van der Waals surface area contributed by atoms with Gasteiger partial charge in [-0.15, -0.1) is 0 Å². The third-order valence-corrected chi connectivity index (χ3v) is 5.22. The minimum Gasteiger partial charge on any atom is -0.348 e. The number of hydrogen-bond donors (Lipinski definition) is 0. The van der Waals surface area contributed by atoms with Crippen LogP contribution in [0.5, 0.6) is 0 Å². The maximum atomic E-state index is 13.1. The van der Waals surface area contributed by atoms with E-state index < -0.39 is 0 Å². The van der Waals surface area contributed by atoms with E-state index in [2.05, 4.69) is 57.6 Å². The molecule has 24 heavy (non-hydrogen) atoms. The Morgan fingerprint density at radius 2 is 1.67 bits per heavy atom. The van der Waals surface area contributed by atoms with Crippen LogP contribution >= 0.6 is 22.6 Å². The molecule has 0 saturated carbocycles. The van der Waals surface area contributed by atoms with Crippen LogP contribution in [-0.2, 0) is 6.54 Å². The molecule has 1 aliphatic rings. The zero-order chi connectivity index (χ0) is 16.5. The molecule has 4 rings (SSSR count). The van der Waals surface area contributed by atoms with Gasteiger partial charge in [0, 0.05) is 34.1 Å². The van der Waals surface area contributed by atoms with Crippen LogP contribution in [0.3, 0.4) is 0 Å². The van der Waals surface area contributed by atoms with Crippen LogP contribution in [0.2, 0.25) is 0 Å². The highest BCUT2D eigenvalue weighted by molar-refractivity contribution is 14.1. The Bertz CT molecular complexity index is 855. The van der Waals surface area contributed by atoms with Crippen LogP contribution in [0.15, 0.2) is 72.9 Å². The van der Waals surface area contributed by atoms with Crippen molar-refractivity contribution in [1.29, 1.82) is 0 Å². The Hall–Kier alpha value is -2.08. The molecule has 120 valence electrons. The summed E-state index contributed by atoms with van der Waals surface area (Å²) in [5, 5.41) is 0. The number of nitrogens with zero attached hydrogens (tertiary/aromatic N) is 2. The number of carbonyl (C=O) groups is 1. The van der Waals surface area contributed by atoms with Crippen LogP contribution in [0.1, 0.15) is 27.7 Å². The average Bonchev–Trinajstić information content (AvgIpc) is 3.10. The Morgan fingerprint density at radius 3 is 2.42 bits per heavy atom. The lowest BCUT2D eigenvalue weighted by molar-refractivity contribution is 0.0664. The summed E-state index contributed by atoms with van der Waals surface area (Å²) in [5.74, 6) is 0.0905. The van der Waals surface area contributed by atoms with E-state index in [0.29, 0.717) is 6.54 Å². The van der Waals surface area contributed by atoms with Gasteiger partial charge in [0.25, 0.3) is 5.91 Å². The van der Waals surface area contributed by atoms with E-state index in [1.165, 1.54) is 5.69 Å². The number of amides is 1. The highest BCUT2D eigenvalue weighted by atomic mass is 127. The third kappa shape index (κ3) is 2.75. The van der Waals surface area contributed by atoms with E-state index in [0.717, 1.165) is 21.2 Å². The SMILES string of the molecule is O=C(c1ccc(I)cc1)N1CCn2cccc2C1c1ccccc1. The summed E-state index contributed by atoms with van der Waals surface area (Å²) in [4.78, 5) is 15.1. The van der Waals surface area contributed by atoms with Gasteiger partial charge >= 0.3 is 0 Å². The normalized spacial score (nSPS) is 16.7. The fraction of sp³-hybridized carbons (Fsp3) is 0.150. The predicted molar refractivity (Wildman–Crippen MR) is 103 cm³/mol. The summed E-state index contributed by atoms with van der Waals surface area (Å²) in [6.07, 6.45) is 2.10. The molecule has 2 aromatic carbocycles. The van der Waals surface area contributed by atoms with Crippen molar-refractivity contribution in [2.45, 2.75) is 12.6 Å². The average molecular weight is 428 g/mol. The Morgan fingerprint density at radius 1 is 0.917 bits per heavy atom. The van der Waals surface area contributed by atoms with Crippen molar-refractivity contribution in [2.75, 3.05) is 6.54 Å². The summed E-state index contributed by atoms with van der Waals surface area (Å²) < 4.78 is 3.38. The fourth-order valence-electron chi connectivity index (χ4n) is 3.35. The number of rotatable bonds is 2. The molecule has 0 saturated heterocycles. The second kappa shape index (κ2) is 6.43. The number of aromatic nitrogens is 1. The highest BCUT2D eigenvalue weighted by Gasteiger charge is 2.32. The maximum absolute atomic E-state index is 13.1. The first kappa shape index (κ1) is 15.4. The molecule has 1 amide bonds. The molecule has 1 aromatic heterocycles. The predicted octanol–water partition coefficient (Wildman–Crippen LogP) is 4.34. The minimum absolute atomic E-state index is 0.0401. The molecule has 1 atom stereocenters. The third-order valence-electron chi connectivity index (χ3n) is 4.51. The molecule has 1 aliphatic heterocycles. The Kier molecular flexibility index (Phi) is 4.14. The lowest BCUT2D eigenvalue weighted by atomic mass is 9.99. The fourth-order valence-corrected chi connectivity index (χ4v) is 3.71. The van der Waals surface area contributed by atoms with E-state index >= 15 is 0 Å². The molecule has 3 aromatic rings. The van der Waals surface area contributed by atoms with E-state index in [1.807, 2.05) is 47.4 Å². The van der Waals surface area contributed by atoms with Crippen LogP contribution in [0, 0.1) is 3.57 Å². The molecule has 0 spiro atoms. The summed E-state index contributed by atoms with van der Waals surface area (Å²) in [6.45, 7) is 1.55. The van der Waals surface area contributed by atoms with E-state index in [-0.39, 0.29) is 11.9 Å². The smallest absolute Gasteiger partial charge is 0.254 e. The number of hydrogen-bond acceptors (Lipinski definition) is 1. The van der Waals surface area contributed by atoms with Gasteiger partial charge in [0.05, 0.1) is 6.04 Å². The van der Waals surface area contributed by atoms with Crippen molar-refractivity contribution >= 4 is 28.5 Å². The van der Waals surface area contributed by atoms with E-state index in [1.54, 1.807) is 0 Å². The molecular formula is C20H17IN2O. The molecular weight excluding hydrogens is 411 g/mol. The van der Waals surface area contributed by atoms with Gasteiger partial charge in [0.15, 0.2) is 0 Å². The van der Waals surface area contributed by atoms with Crippen molar-refractivity contribution in [3.05, 3.63) is 93.3 Å². The first-order valence-corrected chi connectivity index (χ1v) is 9.08. The largest absolute Gasteiger partial charge is 0.348 e. The molecule has 0 radical (unpaired) electrons. The van der Waals surface area contributed by atoms with Crippen molar-refractivity contribution in [3.8, 4) is 0 Å². The quantitative estimate of drug-likeness (QED) is 0.558. The lowest BCUT2D eigenvalue weighted by Gasteiger charge is -2.37. The van der Waals surface area contributed by atoms with Gasteiger partial charge in [-0.1, -0.05) is 30.3 Å². The maximum Gasteiger partial charge on any atom is 0.254 e. The molecule has 2 heterocycles. The second-order valence-electron chi connectivity index (χ2n) is 5.95. The highest BCUT2D eigenvalue weighted by Crippen LogP contribution is 2.33. The van der Waals surface area contributed by atoms with Crippen LogP contribution in [0.25, 0.3) is 0 Å². The molecule has 0 bridgehead atoms. The van der Waals surface area contributed by atoms with Gasteiger partial charge in [-0.05, 0) is 64.6 Å². The first-order valence-electron chi connectivity index (χ1n) is 8.00. The Labute approximate surface area is 155 Å². The van der Waals surface area contributed by atoms with Gasteiger partial charge in [-0.25, -0.2) is 0 Å². The monoisotopic (exact) mass is 428 g/mol. The molecule has 0 aliphatic carbocycles. The van der Waals surface area contributed by atoms with Crippen molar-refractivity contribution in [2.24, 2.45) is 0 Å². The standard InChI is InChI=1S/C20H17IN2O/c21-17-10-8-16(9-11-17)20(24)23-14-13-22-12-4-7-18(22)19(23)15-5-2-1-3-6-15/h1-12,19H,13-14H2. The molecule has 0 fully saturated rings. The molecule has 3 nitrogen and oxygen atoms in total. The van der Waals surface area contributed by atoms with Gasteiger partial charge < -0.3 is 9.47 Å². The molecule has 1 unspecified atom stereocenters. The molecule has 0 N–H and O–H groups in total. The number of benzene rings is 2. The lowest BCUT2D eigenvalue weighted by Crippen LogP contribution is -2.42. The van der Waals surface area contributed by atoms with E-state index in [9.17, 15) is 4.79 Å². The van der Waals surface area contributed by atoms with Gasteiger partial charge in [0.2, 0.25) is 0 Å². The van der Waals surface area contributed by atoms with Crippen molar-refractivity contribution in [3.63, 3.8) is 0 Å². The number of halogens is 1. The van der Waals surface area contributed by atoms with E-state index in [4.69, 9.17) is 0 Å². The topological polar surface area (TPSA) is 25.2 Å². The summed E-state index contributed by atoms with van der Waals surface area (Å²) in [6, 6.07) is 22.2. The van der Waals surface area contributed by atoms with Crippen molar-refractivity contribution in [1.82, 2.24) is 9.47 Å². The van der Waals surface area contributed by atoms with Crippen LogP contribution in [-0.4, -0.2) is 21.9 Å². The Balaban J connectivity index is 1.76. The summed E-state index contributed by atoms with van der Waals surface area (Å²) in [7, 11) is 0. The van der Waals surface area contributed by atoms with Gasteiger partial charge in [0.1, 0.15) is 0 Å². The van der Waals surface area contributed by atoms with Crippen LogP contribution < -0.4 is 0 Å². The van der Waals surface area contributed by atoms with Crippen molar-refractivity contribution < 1.29 is 4.79 Å². The zero-order valence-electron chi connectivity index (χ0n) is 13.1. The summed E-state index contributed by atoms with van der Waals surface area (Å²) in [5.41, 5.74) is 3.07. The zero-order valence-corrected chi connectivity index (χ0v) is 15.3. The summed E-state index contributed by atoms with van der Waals surface area (Å²) >= 11 is 2.26.